The third-order valence-electron chi connectivity index (χ3n) is 2.73. The summed E-state index contributed by atoms with van der Waals surface area (Å²) in [6, 6.07) is 0.699. The molecule has 86 valence electrons. The van der Waals surface area contributed by atoms with E-state index < -0.39 is 0 Å². The zero-order chi connectivity index (χ0) is 10.8. The average Bonchev–Trinajstić information content (AvgIpc) is 3.06. The number of rotatable bonds is 5. The number of nitrogens with zero attached hydrogens (tertiary/aromatic N) is 2. The number of hydrogen-bond donors (Lipinski definition) is 1. The van der Waals surface area contributed by atoms with Crippen LogP contribution < -0.4 is 10.1 Å². The van der Waals surface area contributed by atoms with E-state index in [1.165, 1.54) is 12.8 Å². The Labute approximate surface area is 94.2 Å². The Morgan fingerprint density at radius 1 is 1.31 bits per heavy atom. The molecule has 0 bridgehead atoms. The molecule has 2 aliphatic rings. The lowest BCUT2D eigenvalue weighted by atomic mass is 10.3. The van der Waals surface area contributed by atoms with Gasteiger partial charge in [0.05, 0.1) is 31.3 Å². The molecule has 1 saturated carbocycles. The van der Waals surface area contributed by atoms with Crippen molar-refractivity contribution in [3.8, 4) is 5.88 Å². The highest BCUT2D eigenvalue weighted by atomic mass is 16.6. The molecule has 0 spiro atoms. The van der Waals surface area contributed by atoms with Gasteiger partial charge in [-0.15, -0.1) is 0 Å². The van der Waals surface area contributed by atoms with Gasteiger partial charge in [-0.25, -0.2) is 4.98 Å². The van der Waals surface area contributed by atoms with Gasteiger partial charge >= 0.3 is 0 Å². The second-order valence-electron chi connectivity index (χ2n) is 4.28. The second kappa shape index (κ2) is 4.35. The summed E-state index contributed by atoms with van der Waals surface area (Å²) < 4.78 is 10.5. The maximum absolute atomic E-state index is 5.52. The molecule has 5 nitrogen and oxygen atoms in total. The number of ether oxygens (including phenoxy) is 2. The molecule has 1 aliphatic heterocycles. The van der Waals surface area contributed by atoms with E-state index in [4.69, 9.17) is 9.47 Å². The first-order valence-corrected chi connectivity index (χ1v) is 5.69. The van der Waals surface area contributed by atoms with Crippen LogP contribution in [0.4, 0.5) is 0 Å². The summed E-state index contributed by atoms with van der Waals surface area (Å²) in [6.07, 6.45) is 6.18. The van der Waals surface area contributed by atoms with E-state index in [1.54, 1.807) is 12.4 Å². The molecule has 3 rings (SSSR count). The van der Waals surface area contributed by atoms with Crippen molar-refractivity contribution in [1.82, 2.24) is 15.3 Å². The Morgan fingerprint density at radius 2 is 2.19 bits per heavy atom. The number of nitrogens with one attached hydrogen (secondary N) is 1. The molecule has 5 heteroatoms. The fraction of sp³-hybridized carbons (Fsp3) is 0.636. The third kappa shape index (κ3) is 2.48. The number of aromatic nitrogens is 2. The van der Waals surface area contributed by atoms with E-state index in [2.05, 4.69) is 15.3 Å². The third-order valence-corrected chi connectivity index (χ3v) is 2.73. The van der Waals surface area contributed by atoms with Gasteiger partial charge in [0, 0.05) is 12.6 Å². The van der Waals surface area contributed by atoms with Crippen molar-refractivity contribution in [2.75, 3.05) is 13.2 Å². The quantitative estimate of drug-likeness (QED) is 0.785. The fourth-order valence-corrected chi connectivity index (χ4v) is 1.48. The minimum absolute atomic E-state index is 0.157. The summed E-state index contributed by atoms with van der Waals surface area (Å²) in [4.78, 5) is 8.52. The van der Waals surface area contributed by atoms with Crippen molar-refractivity contribution in [3.05, 3.63) is 18.1 Å². The van der Waals surface area contributed by atoms with Crippen molar-refractivity contribution in [2.24, 2.45) is 0 Å². The first-order chi connectivity index (χ1) is 7.90. The molecular formula is C11H15N3O2. The first kappa shape index (κ1) is 9.99. The summed E-state index contributed by atoms with van der Waals surface area (Å²) in [5.74, 6) is 0.587. The Morgan fingerprint density at radius 3 is 2.75 bits per heavy atom. The van der Waals surface area contributed by atoms with Crippen LogP contribution in [0.1, 0.15) is 18.5 Å². The van der Waals surface area contributed by atoms with Crippen LogP contribution in [0.3, 0.4) is 0 Å². The molecule has 1 saturated heterocycles. The van der Waals surface area contributed by atoms with Crippen molar-refractivity contribution < 1.29 is 9.47 Å². The largest absolute Gasteiger partial charge is 0.468 e. The van der Waals surface area contributed by atoms with Crippen molar-refractivity contribution >= 4 is 0 Å². The standard InChI is InChI=1S/C11H15N3O2/c1-2-8(1)12-3-9-4-14-11(5-13-9)16-10-6-15-7-10/h4-5,8,10,12H,1-3,6-7H2. The molecule has 1 aliphatic carbocycles. The second-order valence-corrected chi connectivity index (χ2v) is 4.28. The predicted molar refractivity (Wildman–Crippen MR) is 57.1 cm³/mol. The summed E-state index contributed by atoms with van der Waals surface area (Å²) in [5.41, 5.74) is 0.962. The van der Waals surface area contributed by atoms with E-state index in [1.807, 2.05) is 0 Å². The zero-order valence-corrected chi connectivity index (χ0v) is 9.06. The Hall–Kier alpha value is -1.20. The van der Waals surface area contributed by atoms with Gasteiger partial charge in [0.25, 0.3) is 0 Å². The molecule has 0 radical (unpaired) electrons. The lowest BCUT2D eigenvalue weighted by Crippen LogP contribution is -2.38. The van der Waals surface area contributed by atoms with Gasteiger partial charge in [0.1, 0.15) is 6.10 Å². The summed E-state index contributed by atoms with van der Waals surface area (Å²) in [5, 5.41) is 3.39. The van der Waals surface area contributed by atoms with Crippen LogP contribution in [0.15, 0.2) is 12.4 Å². The van der Waals surface area contributed by atoms with Gasteiger partial charge < -0.3 is 14.8 Å². The highest BCUT2D eigenvalue weighted by Crippen LogP contribution is 2.19. The van der Waals surface area contributed by atoms with Crippen LogP contribution >= 0.6 is 0 Å². The van der Waals surface area contributed by atoms with E-state index in [9.17, 15) is 0 Å². The molecule has 0 aromatic carbocycles. The van der Waals surface area contributed by atoms with Crippen LogP contribution in [0.5, 0.6) is 5.88 Å². The van der Waals surface area contributed by atoms with Gasteiger partial charge in [-0.05, 0) is 12.8 Å². The van der Waals surface area contributed by atoms with Crippen LogP contribution in [-0.4, -0.2) is 35.3 Å². The molecular weight excluding hydrogens is 206 g/mol. The highest BCUT2D eigenvalue weighted by molar-refractivity contribution is 5.08. The molecule has 0 amide bonds. The monoisotopic (exact) mass is 221 g/mol. The molecule has 1 aromatic rings. The van der Waals surface area contributed by atoms with E-state index in [0.717, 1.165) is 12.2 Å². The maximum atomic E-state index is 5.52. The fourth-order valence-electron chi connectivity index (χ4n) is 1.48. The Kier molecular flexibility index (Phi) is 2.71. The summed E-state index contributed by atoms with van der Waals surface area (Å²) in [7, 11) is 0. The van der Waals surface area contributed by atoms with Gasteiger partial charge in [0.15, 0.2) is 0 Å². The van der Waals surface area contributed by atoms with Crippen molar-refractivity contribution in [3.63, 3.8) is 0 Å². The van der Waals surface area contributed by atoms with Gasteiger partial charge in [-0.2, -0.15) is 0 Å². The summed E-state index contributed by atoms with van der Waals surface area (Å²) >= 11 is 0. The zero-order valence-electron chi connectivity index (χ0n) is 9.06. The maximum Gasteiger partial charge on any atom is 0.232 e. The molecule has 1 aromatic heterocycles. The minimum atomic E-state index is 0.157. The highest BCUT2D eigenvalue weighted by Gasteiger charge is 2.21. The lowest BCUT2D eigenvalue weighted by Gasteiger charge is -2.25. The molecule has 2 heterocycles. The van der Waals surface area contributed by atoms with Gasteiger partial charge in [-0.1, -0.05) is 0 Å². The van der Waals surface area contributed by atoms with E-state index >= 15 is 0 Å². The first-order valence-electron chi connectivity index (χ1n) is 5.69. The Bertz CT molecular complexity index is 347. The molecule has 0 unspecified atom stereocenters. The molecule has 2 fully saturated rings. The van der Waals surface area contributed by atoms with E-state index in [-0.39, 0.29) is 6.10 Å². The lowest BCUT2D eigenvalue weighted by molar-refractivity contribution is -0.0814. The molecule has 16 heavy (non-hydrogen) atoms. The summed E-state index contributed by atoms with van der Waals surface area (Å²) in [6.45, 7) is 2.11. The van der Waals surface area contributed by atoms with Crippen LogP contribution in [0.2, 0.25) is 0 Å². The average molecular weight is 221 g/mol. The number of hydrogen-bond acceptors (Lipinski definition) is 5. The van der Waals surface area contributed by atoms with Crippen LogP contribution in [-0.2, 0) is 11.3 Å². The molecule has 1 N–H and O–H groups in total. The van der Waals surface area contributed by atoms with Gasteiger partial charge in [-0.3, -0.25) is 4.98 Å². The normalized spacial score (nSPS) is 20.5. The van der Waals surface area contributed by atoms with Crippen LogP contribution in [0.25, 0.3) is 0 Å². The topological polar surface area (TPSA) is 56.3 Å². The smallest absolute Gasteiger partial charge is 0.232 e. The van der Waals surface area contributed by atoms with Crippen molar-refractivity contribution in [2.45, 2.75) is 31.5 Å². The van der Waals surface area contributed by atoms with Crippen LogP contribution in [0, 0.1) is 0 Å². The predicted octanol–water partition coefficient (Wildman–Crippen LogP) is 0.506. The van der Waals surface area contributed by atoms with Gasteiger partial charge in [0.2, 0.25) is 5.88 Å². The van der Waals surface area contributed by atoms with E-state index in [0.29, 0.717) is 25.1 Å². The van der Waals surface area contributed by atoms with Crippen molar-refractivity contribution in [1.29, 1.82) is 0 Å². The minimum Gasteiger partial charge on any atom is -0.468 e. The Balaban J connectivity index is 1.51. The SMILES string of the molecule is c1nc(OC2COC2)cnc1CNC1CC1. The molecule has 0 atom stereocenters.